The monoisotopic (exact) mass is 275 g/mol. The van der Waals surface area contributed by atoms with Crippen LogP contribution in [0.1, 0.15) is 44.7 Å². The fourth-order valence-corrected chi connectivity index (χ4v) is 3.53. The summed E-state index contributed by atoms with van der Waals surface area (Å²) in [5.41, 5.74) is 1.25. The van der Waals surface area contributed by atoms with Gasteiger partial charge in [0.05, 0.1) is 13.7 Å². The van der Waals surface area contributed by atoms with Crippen LogP contribution < -0.4 is 14.8 Å². The van der Waals surface area contributed by atoms with Crippen molar-refractivity contribution in [1.29, 1.82) is 0 Å². The van der Waals surface area contributed by atoms with Crippen molar-refractivity contribution in [3.63, 3.8) is 0 Å². The molecule has 3 nitrogen and oxygen atoms in total. The second kappa shape index (κ2) is 5.65. The van der Waals surface area contributed by atoms with E-state index in [2.05, 4.69) is 25.2 Å². The van der Waals surface area contributed by atoms with Crippen LogP contribution in [0.2, 0.25) is 0 Å². The minimum atomic E-state index is 0.395. The Morgan fingerprint density at radius 1 is 1.20 bits per heavy atom. The summed E-state index contributed by atoms with van der Waals surface area (Å²) in [4.78, 5) is 0. The maximum atomic E-state index is 5.77. The van der Waals surface area contributed by atoms with Crippen molar-refractivity contribution in [3.05, 3.63) is 23.8 Å². The normalized spacial score (nSPS) is 32.5. The number of methoxy groups -OCH3 is 1. The van der Waals surface area contributed by atoms with E-state index < -0.39 is 0 Å². The van der Waals surface area contributed by atoms with Gasteiger partial charge in [-0.05, 0) is 42.9 Å². The first-order chi connectivity index (χ1) is 9.69. The van der Waals surface area contributed by atoms with E-state index in [0.717, 1.165) is 36.4 Å². The largest absolute Gasteiger partial charge is 0.497 e. The third-order valence-corrected chi connectivity index (χ3v) is 5.14. The van der Waals surface area contributed by atoms with Gasteiger partial charge in [0.15, 0.2) is 0 Å². The SMILES string of the molecule is COc1ccc2c(c1)C(NC1CCC(C)C1C)CCO2. The van der Waals surface area contributed by atoms with Crippen molar-refractivity contribution >= 4 is 0 Å². The first kappa shape index (κ1) is 13.7. The van der Waals surface area contributed by atoms with E-state index in [-0.39, 0.29) is 0 Å². The van der Waals surface area contributed by atoms with Crippen molar-refractivity contribution in [1.82, 2.24) is 5.32 Å². The molecule has 4 atom stereocenters. The molecule has 1 aromatic carbocycles. The Kier molecular flexibility index (Phi) is 3.88. The summed E-state index contributed by atoms with van der Waals surface area (Å²) < 4.78 is 11.1. The van der Waals surface area contributed by atoms with Crippen LogP contribution in [0.15, 0.2) is 18.2 Å². The van der Waals surface area contributed by atoms with E-state index in [9.17, 15) is 0 Å². The Balaban J connectivity index is 1.79. The molecule has 0 aromatic heterocycles. The fourth-order valence-electron chi connectivity index (χ4n) is 3.53. The Morgan fingerprint density at radius 2 is 2.05 bits per heavy atom. The predicted molar refractivity (Wildman–Crippen MR) is 80.3 cm³/mol. The van der Waals surface area contributed by atoms with Crippen molar-refractivity contribution < 1.29 is 9.47 Å². The number of ether oxygens (including phenoxy) is 2. The molecular formula is C17H25NO2. The van der Waals surface area contributed by atoms with Gasteiger partial charge in [-0.25, -0.2) is 0 Å². The molecular weight excluding hydrogens is 250 g/mol. The predicted octanol–water partition coefficient (Wildman–Crippen LogP) is 3.54. The van der Waals surface area contributed by atoms with E-state index in [1.807, 2.05) is 12.1 Å². The summed E-state index contributed by atoms with van der Waals surface area (Å²) >= 11 is 0. The summed E-state index contributed by atoms with van der Waals surface area (Å²) in [5.74, 6) is 3.51. The second-order valence-corrected chi connectivity index (χ2v) is 6.28. The third-order valence-electron chi connectivity index (χ3n) is 5.14. The van der Waals surface area contributed by atoms with Gasteiger partial charge >= 0.3 is 0 Å². The van der Waals surface area contributed by atoms with Gasteiger partial charge < -0.3 is 14.8 Å². The zero-order valence-corrected chi connectivity index (χ0v) is 12.7. The molecule has 0 amide bonds. The summed E-state index contributed by atoms with van der Waals surface area (Å²) in [6, 6.07) is 7.15. The summed E-state index contributed by atoms with van der Waals surface area (Å²) in [6.45, 7) is 5.54. The molecule has 1 aromatic rings. The highest BCUT2D eigenvalue weighted by atomic mass is 16.5. The van der Waals surface area contributed by atoms with Crippen LogP contribution in [0, 0.1) is 11.8 Å². The molecule has 4 unspecified atom stereocenters. The highest BCUT2D eigenvalue weighted by molar-refractivity contribution is 5.43. The molecule has 0 radical (unpaired) electrons. The Labute approximate surface area is 121 Å². The molecule has 1 N–H and O–H groups in total. The molecule has 3 rings (SSSR count). The number of benzene rings is 1. The van der Waals surface area contributed by atoms with Crippen molar-refractivity contribution in [2.24, 2.45) is 11.8 Å². The molecule has 2 aliphatic rings. The molecule has 1 fully saturated rings. The first-order valence-corrected chi connectivity index (χ1v) is 7.76. The Hall–Kier alpha value is -1.22. The van der Waals surface area contributed by atoms with E-state index in [4.69, 9.17) is 9.47 Å². The molecule has 0 bridgehead atoms. The van der Waals surface area contributed by atoms with Crippen LogP contribution in [-0.4, -0.2) is 19.8 Å². The highest BCUT2D eigenvalue weighted by Gasteiger charge is 2.33. The van der Waals surface area contributed by atoms with Gasteiger partial charge in [0.25, 0.3) is 0 Å². The van der Waals surface area contributed by atoms with Crippen molar-refractivity contribution in [2.75, 3.05) is 13.7 Å². The lowest BCUT2D eigenvalue weighted by atomic mass is 9.94. The van der Waals surface area contributed by atoms with Crippen LogP contribution in [-0.2, 0) is 0 Å². The number of fused-ring (bicyclic) bond motifs is 1. The van der Waals surface area contributed by atoms with Gasteiger partial charge in [-0.1, -0.05) is 13.8 Å². The molecule has 0 saturated heterocycles. The number of hydrogen-bond acceptors (Lipinski definition) is 3. The average molecular weight is 275 g/mol. The molecule has 110 valence electrons. The smallest absolute Gasteiger partial charge is 0.124 e. The van der Waals surface area contributed by atoms with E-state index in [0.29, 0.717) is 12.1 Å². The van der Waals surface area contributed by atoms with Crippen LogP contribution in [0.25, 0.3) is 0 Å². The van der Waals surface area contributed by atoms with Crippen molar-refractivity contribution in [3.8, 4) is 11.5 Å². The van der Waals surface area contributed by atoms with Crippen LogP contribution in [0.4, 0.5) is 0 Å². The fraction of sp³-hybridized carbons (Fsp3) is 0.647. The number of nitrogens with one attached hydrogen (secondary N) is 1. The van der Waals surface area contributed by atoms with Gasteiger partial charge in [-0.15, -0.1) is 0 Å². The minimum absolute atomic E-state index is 0.395. The van der Waals surface area contributed by atoms with Gasteiger partial charge in [0.2, 0.25) is 0 Å². The minimum Gasteiger partial charge on any atom is -0.497 e. The lowest BCUT2D eigenvalue weighted by Gasteiger charge is -2.31. The molecule has 1 saturated carbocycles. The van der Waals surface area contributed by atoms with E-state index >= 15 is 0 Å². The second-order valence-electron chi connectivity index (χ2n) is 6.28. The van der Waals surface area contributed by atoms with Crippen LogP contribution in [0.5, 0.6) is 11.5 Å². The summed E-state index contributed by atoms with van der Waals surface area (Å²) in [7, 11) is 1.72. The van der Waals surface area contributed by atoms with Gasteiger partial charge in [0, 0.05) is 24.1 Å². The van der Waals surface area contributed by atoms with Gasteiger partial charge in [-0.2, -0.15) is 0 Å². The summed E-state index contributed by atoms with van der Waals surface area (Å²) in [5, 5.41) is 3.87. The molecule has 1 aliphatic carbocycles. The maximum absolute atomic E-state index is 5.77. The van der Waals surface area contributed by atoms with E-state index in [1.165, 1.54) is 18.4 Å². The average Bonchev–Trinajstić information content (AvgIpc) is 2.79. The lowest BCUT2D eigenvalue weighted by molar-refractivity contribution is 0.232. The standard InChI is InChI=1S/C17H25NO2/c1-11-4-6-15(12(11)2)18-16-8-9-20-17-7-5-13(19-3)10-14(16)17/h5,7,10-12,15-16,18H,4,6,8-9H2,1-3H3. The van der Waals surface area contributed by atoms with Gasteiger partial charge in [-0.3, -0.25) is 0 Å². The Bertz CT molecular complexity index is 474. The zero-order valence-electron chi connectivity index (χ0n) is 12.7. The highest BCUT2D eigenvalue weighted by Crippen LogP contribution is 2.38. The molecule has 0 spiro atoms. The zero-order chi connectivity index (χ0) is 14.1. The molecule has 1 heterocycles. The van der Waals surface area contributed by atoms with Crippen molar-refractivity contribution in [2.45, 2.75) is 45.2 Å². The molecule has 3 heteroatoms. The molecule has 20 heavy (non-hydrogen) atoms. The molecule has 1 aliphatic heterocycles. The van der Waals surface area contributed by atoms with E-state index in [1.54, 1.807) is 7.11 Å². The van der Waals surface area contributed by atoms with Crippen LogP contribution in [0.3, 0.4) is 0 Å². The Morgan fingerprint density at radius 3 is 2.75 bits per heavy atom. The van der Waals surface area contributed by atoms with Gasteiger partial charge in [0.1, 0.15) is 11.5 Å². The number of hydrogen-bond donors (Lipinski definition) is 1. The third kappa shape index (κ3) is 2.51. The quantitative estimate of drug-likeness (QED) is 0.915. The topological polar surface area (TPSA) is 30.5 Å². The summed E-state index contributed by atoms with van der Waals surface area (Å²) in [6.07, 6.45) is 3.67. The maximum Gasteiger partial charge on any atom is 0.124 e. The van der Waals surface area contributed by atoms with Crippen LogP contribution >= 0.6 is 0 Å². The number of rotatable bonds is 3. The lowest BCUT2D eigenvalue weighted by Crippen LogP contribution is -2.37. The first-order valence-electron chi connectivity index (χ1n) is 7.76.